The van der Waals surface area contributed by atoms with Crippen molar-refractivity contribution in [2.24, 2.45) is 5.92 Å². The van der Waals surface area contributed by atoms with E-state index < -0.39 is 0 Å². The molecular formula is C17H29NO. The van der Waals surface area contributed by atoms with E-state index in [-0.39, 0.29) is 0 Å². The normalized spacial score (nSPS) is 18.6. The molecule has 0 radical (unpaired) electrons. The van der Waals surface area contributed by atoms with Gasteiger partial charge < -0.3 is 9.73 Å². The maximum absolute atomic E-state index is 5.62. The Hall–Kier alpha value is -0.760. The minimum atomic E-state index is 0.497. The van der Waals surface area contributed by atoms with Gasteiger partial charge in [0.1, 0.15) is 5.76 Å². The van der Waals surface area contributed by atoms with Crippen molar-refractivity contribution in [2.45, 2.75) is 71.3 Å². The first kappa shape index (κ1) is 14.6. The largest absolute Gasteiger partial charge is 0.469 e. The van der Waals surface area contributed by atoms with Gasteiger partial charge in [0.25, 0.3) is 0 Å². The summed E-state index contributed by atoms with van der Waals surface area (Å²) in [4.78, 5) is 0. The molecule has 0 spiro atoms. The lowest BCUT2D eigenvalue weighted by atomic mass is 9.83. The smallest absolute Gasteiger partial charge is 0.108 e. The van der Waals surface area contributed by atoms with Crippen molar-refractivity contribution >= 4 is 0 Å². The van der Waals surface area contributed by atoms with Crippen LogP contribution in [0.25, 0.3) is 0 Å². The molecule has 19 heavy (non-hydrogen) atoms. The first-order valence-electron chi connectivity index (χ1n) is 8.14. The summed E-state index contributed by atoms with van der Waals surface area (Å²) in [6, 6.07) is 2.67. The summed E-state index contributed by atoms with van der Waals surface area (Å²) in [6.45, 7) is 5.52. The Balaban J connectivity index is 2.01. The number of aryl methyl sites for hydroxylation is 1. The molecule has 0 amide bonds. The van der Waals surface area contributed by atoms with Crippen LogP contribution < -0.4 is 5.32 Å². The number of rotatable bonds is 7. The van der Waals surface area contributed by atoms with Gasteiger partial charge in [-0.05, 0) is 31.4 Å². The Morgan fingerprint density at radius 2 is 2.05 bits per heavy atom. The van der Waals surface area contributed by atoms with Crippen molar-refractivity contribution in [3.63, 3.8) is 0 Å². The summed E-state index contributed by atoms with van der Waals surface area (Å²) in [5, 5.41) is 3.73. The van der Waals surface area contributed by atoms with Crippen molar-refractivity contribution in [1.29, 1.82) is 0 Å². The Morgan fingerprint density at radius 3 is 2.74 bits per heavy atom. The predicted octanol–water partition coefficient (Wildman–Crippen LogP) is 4.85. The monoisotopic (exact) mass is 263 g/mol. The van der Waals surface area contributed by atoms with Gasteiger partial charge in [0, 0.05) is 18.0 Å². The zero-order valence-corrected chi connectivity index (χ0v) is 12.6. The second kappa shape index (κ2) is 7.74. The van der Waals surface area contributed by atoms with Crippen LogP contribution in [0.3, 0.4) is 0 Å². The van der Waals surface area contributed by atoms with Crippen molar-refractivity contribution in [1.82, 2.24) is 5.32 Å². The third kappa shape index (κ3) is 4.10. The lowest BCUT2D eigenvalue weighted by Gasteiger charge is -2.27. The van der Waals surface area contributed by atoms with Crippen LogP contribution in [0.5, 0.6) is 0 Å². The minimum absolute atomic E-state index is 0.497. The van der Waals surface area contributed by atoms with Crippen molar-refractivity contribution in [3.05, 3.63) is 23.7 Å². The van der Waals surface area contributed by atoms with E-state index in [0.29, 0.717) is 6.04 Å². The van der Waals surface area contributed by atoms with Crippen LogP contribution in [0.2, 0.25) is 0 Å². The Kier molecular flexibility index (Phi) is 5.96. The molecule has 2 heteroatoms. The van der Waals surface area contributed by atoms with E-state index in [1.54, 1.807) is 0 Å². The van der Waals surface area contributed by atoms with Crippen LogP contribution in [-0.4, -0.2) is 6.54 Å². The lowest BCUT2D eigenvalue weighted by Crippen LogP contribution is -2.25. The highest BCUT2D eigenvalue weighted by Gasteiger charge is 2.22. The molecule has 1 aromatic heterocycles. The molecule has 1 heterocycles. The maximum Gasteiger partial charge on any atom is 0.108 e. The Labute approximate surface area is 118 Å². The van der Waals surface area contributed by atoms with Gasteiger partial charge in [-0.1, -0.05) is 46.0 Å². The standard InChI is InChI=1S/C17H29NO/c1-3-11-18-16(13-14-8-6-5-7-9-14)15-10-12-19-17(15)4-2/h10,12,14,16,18H,3-9,11,13H2,1-2H3. The van der Waals surface area contributed by atoms with E-state index >= 15 is 0 Å². The minimum Gasteiger partial charge on any atom is -0.469 e. The molecule has 1 saturated carbocycles. The number of hydrogen-bond acceptors (Lipinski definition) is 2. The summed E-state index contributed by atoms with van der Waals surface area (Å²) in [7, 11) is 0. The number of furan rings is 1. The van der Waals surface area contributed by atoms with E-state index in [2.05, 4.69) is 25.2 Å². The topological polar surface area (TPSA) is 25.2 Å². The predicted molar refractivity (Wildman–Crippen MR) is 80.3 cm³/mol. The van der Waals surface area contributed by atoms with Crippen LogP contribution in [0.4, 0.5) is 0 Å². The molecule has 108 valence electrons. The zero-order chi connectivity index (χ0) is 13.5. The second-order valence-electron chi connectivity index (χ2n) is 5.90. The van der Waals surface area contributed by atoms with Gasteiger partial charge in [-0.25, -0.2) is 0 Å². The van der Waals surface area contributed by atoms with Gasteiger partial charge in [0.15, 0.2) is 0 Å². The zero-order valence-electron chi connectivity index (χ0n) is 12.6. The van der Waals surface area contributed by atoms with Crippen LogP contribution in [0.1, 0.15) is 76.2 Å². The van der Waals surface area contributed by atoms with E-state index in [0.717, 1.165) is 18.9 Å². The molecule has 1 atom stereocenters. The molecule has 1 aromatic rings. The molecule has 1 aliphatic rings. The molecule has 1 unspecified atom stereocenters. The first-order chi connectivity index (χ1) is 9.35. The van der Waals surface area contributed by atoms with E-state index in [1.807, 2.05) is 6.26 Å². The molecule has 1 N–H and O–H groups in total. The Bertz CT molecular complexity index is 352. The van der Waals surface area contributed by atoms with E-state index in [1.165, 1.54) is 56.3 Å². The molecule has 2 nitrogen and oxygen atoms in total. The average Bonchev–Trinajstić information content (AvgIpc) is 2.93. The number of hydrogen-bond donors (Lipinski definition) is 1. The molecule has 0 bridgehead atoms. The van der Waals surface area contributed by atoms with Crippen molar-refractivity contribution in [3.8, 4) is 0 Å². The Morgan fingerprint density at radius 1 is 1.26 bits per heavy atom. The third-order valence-corrected chi connectivity index (χ3v) is 4.41. The fourth-order valence-electron chi connectivity index (χ4n) is 3.34. The summed E-state index contributed by atoms with van der Waals surface area (Å²) < 4.78 is 5.62. The highest BCUT2D eigenvalue weighted by atomic mass is 16.3. The molecular weight excluding hydrogens is 234 g/mol. The fourth-order valence-corrected chi connectivity index (χ4v) is 3.34. The summed E-state index contributed by atoms with van der Waals surface area (Å²) >= 11 is 0. The number of nitrogens with one attached hydrogen (secondary N) is 1. The summed E-state index contributed by atoms with van der Waals surface area (Å²) in [5.41, 5.74) is 1.40. The molecule has 1 fully saturated rings. The average molecular weight is 263 g/mol. The first-order valence-corrected chi connectivity index (χ1v) is 8.14. The van der Waals surface area contributed by atoms with E-state index in [4.69, 9.17) is 4.42 Å². The molecule has 1 aliphatic carbocycles. The molecule has 0 saturated heterocycles. The van der Waals surface area contributed by atoms with Gasteiger partial charge in [-0.2, -0.15) is 0 Å². The molecule has 0 aliphatic heterocycles. The van der Waals surface area contributed by atoms with Gasteiger partial charge >= 0.3 is 0 Å². The maximum atomic E-state index is 5.62. The highest BCUT2D eigenvalue weighted by Crippen LogP contribution is 2.33. The summed E-state index contributed by atoms with van der Waals surface area (Å²) in [5.74, 6) is 2.08. The van der Waals surface area contributed by atoms with Gasteiger partial charge in [-0.15, -0.1) is 0 Å². The molecule has 0 aromatic carbocycles. The van der Waals surface area contributed by atoms with Crippen molar-refractivity contribution < 1.29 is 4.42 Å². The van der Waals surface area contributed by atoms with Crippen LogP contribution in [0, 0.1) is 5.92 Å². The highest BCUT2D eigenvalue weighted by molar-refractivity contribution is 5.21. The quantitative estimate of drug-likeness (QED) is 0.760. The third-order valence-electron chi connectivity index (χ3n) is 4.41. The van der Waals surface area contributed by atoms with Gasteiger partial charge in [-0.3, -0.25) is 0 Å². The van der Waals surface area contributed by atoms with Crippen LogP contribution in [0.15, 0.2) is 16.7 Å². The van der Waals surface area contributed by atoms with Crippen LogP contribution >= 0.6 is 0 Å². The van der Waals surface area contributed by atoms with Gasteiger partial charge in [0.2, 0.25) is 0 Å². The molecule has 2 rings (SSSR count). The van der Waals surface area contributed by atoms with E-state index in [9.17, 15) is 0 Å². The summed E-state index contributed by atoms with van der Waals surface area (Å²) in [6.07, 6.45) is 12.5. The van der Waals surface area contributed by atoms with Crippen LogP contribution in [-0.2, 0) is 6.42 Å². The second-order valence-corrected chi connectivity index (χ2v) is 5.90. The SMILES string of the molecule is CCCNC(CC1CCCCC1)c1ccoc1CC. The lowest BCUT2D eigenvalue weighted by molar-refractivity contribution is 0.298. The van der Waals surface area contributed by atoms with Gasteiger partial charge in [0.05, 0.1) is 6.26 Å². The van der Waals surface area contributed by atoms with Crippen molar-refractivity contribution in [2.75, 3.05) is 6.54 Å². The fraction of sp³-hybridized carbons (Fsp3) is 0.765.